The molecule has 0 fully saturated rings. The van der Waals surface area contributed by atoms with Crippen LogP contribution >= 0.6 is 11.6 Å². The van der Waals surface area contributed by atoms with E-state index in [1.165, 1.54) is 65.0 Å². The lowest BCUT2D eigenvalue weighted by Gasteiger charge is -2.18. The molecule has 3 N–H and O–H groups in total. The summed E-state index contributed by atoms with van der Waals surface area (Å²) in [6.45, 7) is 1.83. The third-order valence-electron chi connectivity index (χ3n) is 8.03. The number of amidine groups is 1. The summed E-state index contributed by atoms with van der Waals surface area (Å²) in [6.07, 6.45) is 3.17. The summed E-state index contributed by atoms with van der Waals surface area (Å²) in [5.74, 6) is 2.09. The van der Waals surface area contributed by atoms with Crippen molar-refractivity contribution in [3.63, 3.8) is 0 Å². The van der Waals surface area contributed by atoms with Crippen molar-refractivity contribution in [3.8, 4) is 34.5 Å². The van der Waals surface area contributed by atoms with Crippen molar-refractivity contribution in [2.75, 3.05) is 69.0 Å². The molecule has 6 rings (SSSR count). The number of sulfonamides is 2. The van der Waals surface area contributed by atoms with Crippen molar-refractivity contribution < 1.29 is 55.5 Å². The number of hydrogen-bond acceptors (Lipinski definition) is 16. The molecule has 0 saturated heterocycles. The second-order valence-corrected chi connectivity index (χ2v) is 15.4. The number of nitrogens with one attached hydrogen (secondary N) is 1. The molecular weight excluding hydrogens is 844 g/mol. The number of phenols is 2. The lowest BCUT2D eigenvalue weighted by Crippen LogP contribution is -2.29. The molecule has 0 spiro atoms. The fraction of sp³-hybridized carbons (Fsp3) is 0.282. The molecule has 0 unspecified atom stereocenters. The first-order chi connectivity index (χ1) is 28.2. The van der Waals surface area contributed by atoms with Crippen LogP contribution in [0.1, 0.15) is 29.7 Å². The predicted octanol–water partition coefficient (Wildman–Crippen LogP) is 4.83. The number of nitrogens with zero attached hydrogens (tertiary/aromatic N) is 5. The molecule has 0 saturated carbocycles. The van der Waals surface area contributed by atoms with E-state index >= 15 is 0 Å². The van der Waals surface area contributed by atoms with Gasteiger partial charge in [0.15, 0.2) is 34.0 Å². The van der Waals surface area contributed by atoms with Gasteiger partial charge in [0.25, 0.3) is 20.0 Å². The van der Waals surface area contributed by atoms with Crippen LogP contribution in [0.25, 0.3) is 0 Å². The average molecular weight is 891 g/mol. The van der Waals surface area contributed by atoms with Gasteiger partial charge in [0.1, 0.15) is 16.4 Å². The van der Waals surface area contributed by atoms with Gasteiger partial charge in [-0.25, -0.2) is 5.01 Å². The van der Waals surface area contributed by atoms with Crippen LogP contribution < -0.4 is 24.4 Å². The molecule has 0 aliphatic carbocycles. The highest BCUT2D eigenvalue weighted by Gasteiger charge is 2.33. The Morgan fingerprint density at radius 1 is 0.683 bits per heavy atom. The van der Waals surface area contributed by atoms with Crippen molar-refractivity contribution in [1.82, 2.24) is 10.4 Å². The second-order valence-electron chi connectivity index (χ2n) is 11.9. The Kier molecular flexibility index (Phi) is 18.1. The minimum atomic E-state index is -3.83. The SMILES string of the molecule is C.COCCN(/N=C/c1ccc(O)c(OC)c1)C1=NS(=O)(=O)c2ccc(OC)cc21.COCCN/N=C/c1ccc(O)c(OC)c1.COc1ccc2c(c1)C(Cl)=NS2(=O)=O. The summed E-state index contributed by atoms with van der Waals surface area (Å²) >= 11 is 5.67. The number of aromatic hydroxyl groups is 2. The molecule has 4 aromatic rings. The number of ether oxygens (including phenoxy) is 6. The van der Waals surface area contributed by atoms with Crippen molar-refractivity contribution >= 4 is 55.1 Å². The zero-order valence-electron chi connectivity index (χ0n) is 32.8. The number of fused-ring (bicyclic) bond motifs is 2. The number of methoxy groups -OCH3 is 6. The Hall–Kier alpha value is -5.93. The number of benzene rings is 4. The molecule has 0 atom stereocenters. The molecule has 2 aliphatic heterocycles. The second kappa shape index (κ2) is 22.4. The molecule has 2 aliphatic rings. The normalized spacial score (nSPS) is 13.9. The van der Waals surface area contributed by atoms with Crippen molar-refractivity contribution in [1.29, 1.82) is 0 Å². The highest BCUT2D eigenvalue weighted by molar-refractivity contribution is 7.91. The highest BCUT2D eigenvalue weighted by atomic mass is 35.5. The fourth-order valence-corrected chi connectivity index (χ4v) is 7.83. The molecule has 0 radical (unpaired) electrons. The van der Waals surface area contributed by atoms with Crippen LogP contribution in [0.2, 0.25) is 0 Å². The van der Waals surface area contributed by atoms with Gasteiger partial charge in [0, 0.05) is 25.3 Å². The van der Waals surface area contributed by atoms with E-state index in [0.29, 0.717) is 59.4 Å². The van der Waals surface area contributed by atoms with Gasteiger partial charge in [-0.15, -0.1) is 8.80 Å². The first-order valence-corrected chi connectivity index (χ1v) is 20.5. The zero-order valence-corrected chi connectivity index (χ0v) is 35.2. The maximum absolute atomic E-state index is 12.5. The largest absolute Gasteiger partial charge is 0.504 e. The number of halogens is 1. The minimum absolute atomic E-state index is 0. The third-order valence-corrected chi connectivity index (χ3v) is 11.1. The molecule has 18 nitrogen and oxygen atoms in total. The quantitative estimate of drug-likeness (QED) is 0.0876. The van der Waals surface area contributed by atoms with Gasteiger partial charge in [-0.3, -0.25) is 0 Å². The molecule has 60 heavy (non-hydrogen) atoms. The molecule has 0 amide bonds. The Bertz CT molecular complexity index is 2450. The first-order valence-electron chi connectivity index (χ1n) is 17.2. The Labute approximate surface area is 354 Å². The van der Waals surface area contributed by atoms with Crippen LogP contribution in [0.15, 0.2) is 102 Å². The van der Waals surface area contributed by atoms with Crippen LogP contribution in [0.5, 0.6) is 34.5 Å². The van der Waals surface area contributed by atoms with Crippen LogP contribution in [-0.2, 0) is 29.5 Å². The van der Waals surface area contributed by atoms with E-state index in [1.54, 1.807) is 67.9 Å². The molecule has 0 bridgehead atoms. The van der Waals surface area contributed by atoms with Crippen LogP contribution in [0.3, 0.4) is 0 Å². The summed E-state index contributed by atoms with van der Waals surface area (Å²) in [7, 11) is 1.72. The van der Waals surface area contributed by atoms with E-state index in [0.717, 1.165) is 5.56 Å². The topological polar surface area (TPSA) is 229 Å². The van der Waals surface area contributed by atoms with E-state index < -0.39 is 20.0 Å². The maximum atomic E-state index is 12.5. The molecule has 4 aromatic carbocycles. The van der Waals surface area contributed by atoms with E-state index in [1.807, 2.05) is 0 Å². The minimum Gasteiger partial charge on any atom is -0.504 e. The Balaban J connectivity index is 0.000000262. The molecule has 21 heteroatoms. The third kappa shape index (κ3) is 12.5. The Morgan fingerprint density at radius 3 is 1.73 bits per heavy atom. The standard InChI is InChI=1S/C19H21N3O6S.C11H16N2O3.C8H6ClNO3S.CH4/c1-26-9-8-22(20-12-13-4-6-16(23)17(10-13)28-3)19-15-11-14(27-2)5-7-18(15)29(24,25)21-19;1-15-6-5-12-13-8-9-3-4-10(14)11(7-9)16-2;1-13-5-2-3-7-6(4-5)8(9)10-14(7,11)12;/h4-7,10-12,23H,8-9H2,1-3H3;3-4,7-8,12,14H,5-6H2,1-2H3;2-4H,1H3;1H4/b20-12+;13-8+;;. The van der Waals surface area contributed by atoms with E-state index in [2.05, 4.69) is 24.4 Å². The van der Waals surface area contributed by atoms with E-state index in [9.17, 15) is 27.0 Å². The van der Waals surface area contributed by atoms with E-state index in [-0.39, 0.29) is 46.3 Å². The van der Waals surface area contributed by atoms with Crippen molar-refractivity contribution in [2.45, 2.75) is 17.2 Å². The van der Waals surface area contributed by atoms with Gasteiger partial charge in [-0.2, -0.15) is 27.0 Å². The zero-order chi connectivity index (χ0) is 43.2. The number of hydrogen-bond donors (Lipinski definition) is 3. The van der Waals surface area contributed by atoms with Gasteiger partial charge >= 0.3 is 0 Å². The van der Waals surface area contributed by atoms with Gasteiger partial charge in [-0.1, -0.05) is 19.0 Å². The fourth-order valence-electron chi connectivity index (χ4n) is 5.07. The number of hydrazone groups is 2. The summed E-state index contributed by atoms with van der Waals surface area (Å²) < 4.78 is 85.1. The molecule has 324 valence electrons. The summed E-state index contributed by atoms with van der Waals surface area (Å²) in [4.78, 5) is 0.223. The highest BCUT2D eigenvalue weighted by Crippen LogP contribution is 2.32. The number of rotatable bonds is 14. The maximum Gasteiger partial charge on any atom is 0.285 e. The van der Waals surface area contributed by atoms with Crippen LogP contribution in [-0.4, -0.2) is 124 Å². The lowest BCUT2D eigenvalue weighted by atomic mass is 10.2. The first kappa shape index (κ1) is 48.4. The van der Waals surface area contributed by atoms with Gasteiger partial charge in [-0.05, 0) is 83.9 Å². The van der Waals surface area contributed by atoms with E-state index in [4.69, 9.17) is 40.0 Å². The smallest absolute Gasteiger partial charge is 0.285 e. The summed E-state index contributed by atoms with van der Waals surface area (Å²) in [5, 5.41) is 28.9. The molecular formula is C39H47ClN6O12S2. The van der Waals surface area contributed by atoms with Gasteiger partial charge in [0.05, 0.1) is 72.1 Å². The number of phenolic OH excluding ortho intramolecular Hbond substituents is 2. The van der Waals surface area contributed by atoms with Crippen molar-refractivity contribution in [3.05, 3.63) is 95.1 Å². The van der Waals surface area contributed by atoms with Crippen molar-refractivity contribution in [2.24, 2.45) is 19.0 Å². The molecule has 2 heterocycles. The summed E-state index contributed by atoms with van der Waals surface area (Å²) in [6, 6.07) is 18.9. The average Bonchev–Trinajstić information content (AvgIpc) is 3.64. The van der Waals surface area contributed by atoms with Gasteiger partial charge in [0.2, 0.25) is 0 Å². The summed E-state index contributed by atoms with van der Waals surface area (Å²) in [5.41, 5.74) is 5.12. The van der Waals surface area contributed by atoms with Gasteiger partial charge < -0.3 is 44.1 Å². The van der Waals surface area contributed by atoms with Crippen LogP contribution in [0, 0.1) is 0 Å². The predicted molar refractivity (Wildman–Crippen MR) is 229 cm³/mol. The lowest BCUT2D eigenvalue weighted by molar-refractivity contribution is 0.178. The Morgan fingerprint density at radius 2 is 1.20 bits per heavy atom. The molecule has 0 aromatic heterocycles. The van der Waals surface area contributed by atoms with Crippen LogP contribution in [0.4, 0.5) is 0 Å². The monoisotopic (exact) mass is 890 g/mol.